The highest BCUT2D eigenvalue weighted by molar-refractivity contribution is 6.31. The minimum Gasteiger partial charge on any atom is -0.480 e. The first-order valence-corrected chi connectivity index (χ1v) is 14.1. The van der Waals surface area contributed by atoms with Crippen LogP contribution in [-0.4, -0.2) is 58.5 Å². The first-order chi connectivity index (χ1) is 20.4. The predicted molar refractivity (Wildman–Crippen MR) is 164 cm³/mol. The van der Waals surface area contributed by atoms with Crippen LogP contribution in [0.1, 0.15) is 28.2 Å². The van der Waals surface area contributed by atoms with Gasteiger partial charge in [0.15, 0.2) is 0 Å². The Morgan fingerprint density at radius 1 is 0.738 bits per heavy atom. The van der Waals surface area contributed by atoms with E-state index in [-0.39, 0.29) is 25.5 Å². The third kappa shape index (κ3) is 5.03. The number of rotatable bonds is 4. The lowest BCUT2D eigenvalue weighted by molar-refractivity contribution is -0.146. The summed E-state index contributed by atoms with van der Waals surface area (Å²) in [7, 11) is 0. The second kappa shape index (κ2) is 11.5. The molecule has 7 nitrogen and oxygen atoms in total. The second-order valence-corrected chi connectivity index (χ2v) is 10.7. The number of urea groups is 1. The normalized spacial score (nSPS) is 16.7. The summed E-state index contributed by atoms with van der Waals surface area (Å²) in [5, 5.41) is 10.8. The van der Waals surface area contributed by atoms with E-state index in [1.165, 1.54) is 9.80 Å². The fourth-order valence-corrected chi connectivity index (χ4v) is 5.97. The molecular weight excluding hydrogens is 550 g/mol. The Bertz CT molecular complexity index is 1640. The maximum atomic E-state index is 14.3. The van der Waals surface area contributed by atoms with Gasteiger partial charge in [-0.15, -0.1) is 0 Å². The summed E-state index contributed by atoms with van der Waals surface area (Å²) < 4.78 is 0. The molecule has 0 radical (unpaired) electrons. The minimum absolute atomic E-state index is 0.0554. The summed E-state index contributed by atoms with van der Waals surface area (Å²) >= 11 is 6.55. The lowest BCUT2D eigenvalue weighted by atomic mass is 9.89. The Morgan fingerprint density at radius 2 is 1.31 bits per heavy atom. The average molecular weight is 578 g/mol. The summed E-state index contributed by atoms with van der Waals surface area (Å²) in [5.74, 6) is -2.15. The molecular formula is C34H28ClN3O4. The van der Waals surface area contributed by atoms with Gasteiger partial charge in [0.25, 0.3) is 0 Å². The van der Waals surface area contributed by atoms with E-state index in [2.05, 4.69) is 0 Å². The minimum atomic E-state index is -1.24. The first-order valence-electron chi connectivity index (χ1n) is 13.7. The molecule has 2 aliphatic rings. The molecule has 0 aliphatic carbocycles. The lowest BCUT2D eigenvalue weighted by Crippen LogP contribution is -2.62. The molecule has 210 valence electrons. The number of piperazine rings is 1. The van der Waals surface area contributed by atoms with Gasteiger partial charge in [0.2, 0.25) is 5.91 Å². The Labute approximate surface area is 248 Å². The molecule has 0 saturated carbocycles. The number of aliphatic carboxylic acids is 1. The van der Waals surface area contributed by atoms with Crippen LogP contribution in [0.3, 0.4) is 0 Å². The monoisotopic (exact) mass is 577 g/mol. The molecule has 6 rings (SSSR count). The van der Waals surface area contributed by atoms with Gasteiger partial charge in [-0.05, 0) is 40.5 Å². The number of hydrogen-bond donors (Lipinski definition) is 1. The number of amides is 3. The van der Waals surface area contributed by atoms with Crippen LogP contribution in [-0.2, 0) is 9.59 Å². The van der Waals surface area contributed by atoms with Gasteiger partial charge in [-0.1, -0.05) is 109 Å². The Hall–Kier alpha value is -4.88. The Balaban J connectivity index is 1.33. The topological polar surface area (TPSA) is 81.2 Å². The highest BCUT2D eigenvalue weighted by Gasteiger charge is 2.42. The zero-order valence-corrected chi connectivity index (χ0v) is 23.4. The summed E-state index contributed by atoms with van der Waals surface area (Å²) in [6, 6.07) is 29.8. The number of hydrogen-bond acceptors (Lipinski definition) is 3. The van der Waals surface area contributed by atoms with E-state index in [1.54, 1.807) is 17.0 Å². The number of carboxylic acids is 1. The van der Waals surface area contributed by atoms with Gasteiger partial charge in [-0.2, -0.15) is 0 Å². The van der Waals surface area contributed by atoms with E-state index < -0.39 is 24.0 Å². The van der Waals surface area contributed by atoms with Gasteiger partial charge in [-0.25, -0.2) is 9.59 Å². The molecule has 0 aromatic heterocycles. The van der Waals surface area contributed by atoms with Crippen molar-refractivity contribution < 1.29 is 19.5 Å². The van der Waals surface area contributed by atoms with Gasteiger partial charge in [0.1, 0.15) is 6.04 Å². The van der Waals surface area contributed by atoms with Crippen LogP contribution >= 0.6 is 11.6 Å². The quantitative estimate of drug-likeness (QED) is 0.300. The molecule has 8 heteroatoms. The molecule has 2 heterocycles. The standard InChI is InChI=1S/C34H28ClN3O4/c35-27-15-7-6-14-26(27)31(25-12-2-1-3-13-25)32(39)36-20-21-37(30(22-36)33(40)41)34(42)38-28-16-8-4-10-23(28)18-19-24-11-5-9-17-29(24)38/h1-19,30-31H,20-22H2,(H,40,41)/t30-,31?/m0/s1. The van der Waals surface area contributed by atoms with Crippen molar-refractivity contribution in [3.8, 4) is 0 Å². The van der Waals surface area contributed by atoms with E-state index in [0.29, 0.717) is 22.0 Å². The Kier molecular flexibility index (Phi) is 7.50. The van der Waals surface area contributed by atoms with Crippen molar-refractivity contribution >= 4 is 53.0 Å². The fourth-order valence-electron chi connectivity index (χ4n) is 5.72. The molecule has 1 unspecified atom stereocenters. The number of halogens is 1. The van der Waals surface area contributed by atoms with Crippen molar-refractivity contribution in [2.75, 3.05) is 24.5 Å². The molecule has 0 spiro atoms. The summed E-state index contributed by atoms with van der Waals surface area (Å²) in [6.45, 7) is 0.0838. The highest BCUT2D eigenvalue weighted by Crippen LogP contribution is 2.38. The van der Waals surface area contributed by atoms with E-state index >= 15 is 0 Å². The van der Waals surface area contributed by atoms with Crippen molar-refractivity contribution in [1.82, 2.24) is 9.80 Å². The molecule has 4 aromatic carbocycles. The summed E-state index contributed by atoms with van der Waals surface area (Å²) in [5.41, 5.74) is 4.40. The van der Waals surface area contributed by atoms with Crippen LogP contribution in [0, 0.1) is 0 Å². The van der Waals surface area contributed by atoms with Crippen LogP contribution in [0.4, 0.5) is 16.2 Å². The van der Waals surface area contributed by atoms with Crippen LogP contribution in [0.5, 0.6) is 0 Å². The number of fused-ring (bicyclic) bond motifs is 2. The number of para-hydroxylation sites is 2. The molecule has 4 aromatic rings. The molecule has 2 atom stereocenters. The van der Waals surface area contributed by atoms with E-state index in [0.717, 1.165) is 16.7 Å². The van der Waals surface area contributed by atoms with Crippen molar-refractivity contribution in [2.45, 2.75) is 12.0 Å². The van der Waals surface area contributed by atoms with Gasteiger partial charge in [0, 0.05) is 18.1 Å². The third-order valence-electron chi connectivity index (χ3n) is 7.81. The van der Waals surface area contributed by atoms with E-state index in [9.17, 15) is 19.5 Å². The fraction of sp³-hybridized carbons (Fsp3) is 0.147. The lowest BCUT2D eigenvalue weighted by Gasteiger charge is -2.42. The van der Waals surface area contributed by atoms with E-state index in [1.807, 2.05) is 103 Å². The van der Waals surface area contributed by atoms with Gasteiger partial charge in [0.05, 0.1) is 23.8 Å². The Morgan fingerprint density at radius 3 is 1.93 bits per heavy atom. The molecule has 1 N–H and O–H groups in total. The summed E-state index contributed by atoms with van der Waals surface area (Å²) in [6.07, 6.45) is 3.90. The molecule has 0 bridgehead atoms. The first kappa shape index (κ1) is 27.3. The predicted octanol–water partition coefficient (Wildman–Crippen LogP) is 6.51. The molecule has 1 saturated heterocycles. The zero-order chi connectivity index (χ0) is 29.2. The van der Waals surface area contributed by atoms with Gasteiger partial charge < -0.3 is 14.9 Å². The number of carbonyl (C=O) groups is 3. The maximum Gasteiger partial charge on any atom is 0.330 e. The van der Waals surface area contributed by atoms with Crippen molar-refractivity contribution in [1.29, 1.82) is 0 Å². The molecule has 3 amide bonds. The smallest absolute Gasteiger partial charge is 0.330 e. The van der Waals surface area contributed by atoms with Gasteiger partial charge in [-0.3, -0.25) is 9.69 Å². The van der Waals surface area contributed by atoms with Crippen LogP contribution in [0.2, 0.25) is 5.02 Å². The number of anilines is 2. The molecule has 42 heavy (non-hydrogen) atoms. The average Bonchev–Trinajstić information content (AvgIpc) is 3.19. The molecule has 1 fully saturated rings. The number of benzene rings is 4. The third-order valence-corrected chi connectivity index (χ3v) is 8.15. The van der Waals surface area contributed by atoms with Crippen molar-refractivity contribution in [3.05, 3.63) is 130 Å². The SMILES string of the molecule is O=C(O)[C@@H]1CN(C(=O)C(c2ccccc2)c2ccccc2Cl)CCN1C(=O)N1c2ccccc2C=Cc2ccccc21. The van der Waals surface area contributed by atoms with Crippen LogP contribution in [0.15, 0.2) is 103 Å². The molecule has 2 aliphatic heterocycles. The maximum absolute atomic E-state index is 14.3. The van der Waals surface area contributed by atoms with E-state index in [4.69, 9.17) is 11.6 Å². The van der Waals surface area contributed by atoms with Crippen molar-refractivity contribution in [2.24, 2.45) is 0 Å². The highest BCUT2D eigenvalue weighted by atomic mass is 35.5. The number of nitrogens with zero attached hydrogens (tertiary/aromatic N) is 3. The van der Waals surface area contributed by atoms with Crippen molar-refractivity contribution in [3.63, 3.8) is 0 Å². The second-order valence-electron chi connectivity index (χ2n) is 10.3. The zero-order valence-electron chi connectivity index (χ0n) is 22.6. The van der Waals surface area contributed by atoms with Crippen LogP contribution in [0.25, 0.3) is 12.2 Å². The number of carboxylic acid groups (broad SMARTS) is 1. The summed E-state index contributed by atoms with van der Waals surface area (Å²) in [4.78, 5) is 45.5. The van der Waals surface area contributed by atoms with Crippen LogP contribution < -0.4 is 4.90 Å². The number of carbonyl (C=O) groups excluding carboxylic acids is 2. The largest absolute Gasteiger partial charge is 0.480 e. The van der Waals surface area contributed by atoms with Gasteiger partial charge >= 0.3 is 12.0 Å².